The highest BCUT2D eigenvalue weighted by Gasteiger charge is 2.00. The molecule has 0 saturated carbocycles. The third-order valence-electron chi connectivity index (χ3n) is 1.95. The molecule has 0 heterocycles. The van der Waals surface area contributed by atoms with Crippen molar-refractivity contribution >= 4 is 5.57 Å². The fourth-order valence-corrected chi connectivity index (χ4v) is 1.15. The SMILES string of the molecule is COc1ccc(/C(C#N)=C\NCC#N)cc1. The maximum atomic E-state index is 8.93. The molecule has 1 aromatic rings. The zero-order chi connectivity index (χ0) is 11.8. The number of ether oxygens (including phenoxy) is 1. The van der Waals surface area contributed by atoms with Gasteiger partial charge in [-0.05, 0) is 29.8 Å². The van der Waals surface area contributed by atoms with Gasteiger partial charge in [0, 0.05) is 6.20 Å². The fraction of sp³-hybridized carbons (Fsp3) is 0.167. The summed E-state index contributed by atoms with van der Waals surface area (Å²) >= 11 is 0. The van der Waals surface area contributed by atoms with Crippen LogP contribution in [-0.4, -0.2) is 13.7 Å². The van der Waals surface area contributed by atoms with Crippen molar-refractivity contribution in [1.82, 2.24) is 5.32 Å². The summed E-state index contributed by atoms with van der Waals surface area (Å²) < 4.78 is 5.02. The number of hydrogen-bond acceptors (Lipinski definition) is 4. The Bertz CT molecular complexity index is 449. The third kappa shape index (κ3) is 3.04. The van der Waals surface area contributed by atoms with E-state index in [9.17, 15) is 0 Å². The second-order valence-corrected chi connectivity index (χ2v) is 2.94. The summed E-state index contributed by atoms with van der Waals surface area (Å²) in [6.45, 7) is 0.182. The Balaban J connectivity index is 2.84. The molecule has 1 rings (SSSR count). The zero-order valence-corrected chi connectivity index (χ0v) is 8.90. The molecular formula is C12H11N3O. The van der Waals surface area contributed by atoms with E-state index in [2.05, 4.69) is 11.4 Å². The molecule has 16 heavy (non-hydrogen) atoms. The van der Waals surface area contributed by atoms with Crippen LogP contribution in [0.5, 0.6) is 5.75 Å². The molecule has 0 saturated heterocycles. The molecule has 0 spiro atoms. The highest BCUT2D eigenvalue weighted by atomic mass is 16.5. The predicted octanol–water partition coefficient (Wildman–Crippen LogP) is 1.67. The Morgan fingerprint density at radius 3 is 2.56 bits per heavy atom. The Labute approximate surface area is 94.4 Å². The normalized spacial score (nSPS) is 10.1. The van der Waals surface area contributed by atoms with Crippen molar-refractivity contribution in [2.24, 2.45) is 0 Å². The standard InChI is InChI=1S/C12H11N3O/c1-16-12-4-2-10(3-5-12)11(8-14)9-15-7-6-13/h2-5,9,15H,7H2,1H3/b11-9-. The van der Waals surface area contributed by atoms with E-state index in [4.69, 9.17) is 15.3 Å². The van der Waals surface area contributed by atoms with Gasteiger partial charge in [-0.2, -0.15) is 10.5 Å². The smallest absolute Gasteiger partial charge is 0.118 e. The third-order valence-corrected chi connectivity index (χ3v) is 1.95. The summed E-state index contributed by atoms with van der Waals surface area (Å²) in [7, 11) is 1.59. The molecule has 0 unspecified atom stereocenters. The van der Waals surface area contributed by atoms with E-state index < -0.39 is 0 Å². The summed E-state index contributed by atoms with van der Waals surface area (Å²) in [4.78, 5) is 0. The van der Waals surface area contributed by atoms with Gasteiger partial charge in [0.15, 0.2) is 0 Å². The zero-order valence-electron chi connectivity index (χ0n) is 8.90. The first-order valence-electron chi connectivity index (χ1n) is 4.67. The van der Waals surface area contributed by atoms with Gasteiger partial charge in [-0.1, -0.05) is 0 Å². The Kier molecular flexibility index (Phi) is 4.43. The molecule has 0 aliphatic heterocycles. The molecule has 0 bridgehead atoms. The molecule has 80 valence electrons. The molecule has 4 heteroatoms. The van der Waals surface area contributed by atoms with Crippen molar-refractivity contribution in [3.63, 3.8) is 0 Å². The van der Waals surface area contributed by atoms with Crippen LogP contribution < -0.4 is 10.1 Å². The van der Waals surface area contributed by atoms with Crippen molar-refractivity contribution in [3.05, 3.63) is 36.0 Å². The lowest BCUT2D eigenvalue weighted by atomic mass is 10.1. The van der Waals surface area contributed by atoms with E-state index in [1.165, 1.54) is 6.20 Å². The number of methoxy groups -OCH3 is 1. The minimum Gasteiger partial charge on any atom is -0.497 e. The number of nitrogens with zero attached hydrogens (tertiary/aromatic N) is 2. The second-order valence-electron chi connectivity index (χ2n) is 2.94. The molecule has 0 aliphatic rings. The molecule has 0 aliphatic carbocycles. The first-order valence-corrected chi connectivity index (χ1v) is 4.67. The maximum Gasteiger partial charge on any atom is 0.118 e. The van der Waals surface area contributed by atoms with Crippen molar-refractivity contribution in [1.29, 1.82) is 10.5 Å². The van der Waals surface area contributed by atoms with Crippen molar-refractivity contribution in [2.45, 2.75) is 0 Å². The minimum atomic E-state index is 0.182. The topological polar surface area (TPSA) is 68.8 Å². The highest BCUT2D eigenvalue weighted by molar-refractivity contribution is 5.76. The van der Waals surface area contributed by atoms with Crippen LogP contribution in [0.15, 0.2) is 30.5 Å². The number of hydrogen-bond donors (Lipinski definition) is 1. The fourth-order valence-electron chi connectivity index (χ4n) is 1.15. The monoisotopic (exact) mass is 213 g/mol. The Morgan fingerprint density at radius 1 is 1.38 bits per heavy atom. The second kappa shape index (κ2) is 6.10. The molecule has 0 amide bonds. The molecule has 0 radical (unpaired) electrons. The maximum absolute atomic E-state index is 8.93. The van der Waals surface area contributed by atoms with Crippen molar-refractivity contribution < 1.29 is 4.74 Å². The summed E-state index contributed by atoms with van der Waals surface area (Å²) in [6.07, 6.45) is 1.53. The van der Waals surface area contributed by atoms with Crippen LogP contribution in [0.25, 0.3) is 5.57 Å². The minimum absolute atomic E-state index is 0.182. The summed E-state index contributed by atoms with van der Waals surface area (Å²) in [5.41, 5.74) is 1.27. The molecular weight excluding hydrogens is 202 g/mol. The highest BCUT2D eigenvalue weighted by Crippen LogP contribution is 2.17. The molecule has 0 fully saturated rings. The van der Waals surface area contributed by atoms with Gasteiger partial charge >= 0.3 is 0 Å². The summed E-state index contributed by atoms with van der Waals surface area (Å²) in [5.74, 6) is 0.742. The summed E-state index contributed by atoms with van der Waals surface area (Å²) in [5, 5.41) is 20.0. The molecule has 1 N–H and O–H groups in total. The number of allylic oxidation sites excluding steroid dienone is 1. The number of nitrogens with one attached hydrogen (secondary N) is 1. The number of rotatable bonds is 4. The first kappa shape index (κ1) is 11.6. The van der Waals surface area contributed by atoms with Gasteiger partial charge in [-0.25, -0.2) is 0 Å². The van der Waals surface area contributed by atoms with Crippen LogP contribution in [0.3, 0.4) is 0 Å². The lowest BCUT2D eigenvalue weighted by Gasteiger charge is -2.02. The Morgan fingerprint density at radius 2 is 2.06 bits per heavy atom. The van der Waals surface area contributed by atoms with Crippen LogP contribution >= 0.6 is 0 Å². The number of nitriles is 2. The van der Waals surface area contributed by atoms with Gasteiger partial charge in [0.1, 0.15) is 18.4 Å². The van der Waals surface area contributed by atoms with Gasteiger partial charge in [0.2, 0.25) is 0 Å². The van der Waals surface area contributed by atoms with Gasteiger partial charge in [-0.15, -0.1) is 0 Å². The van der Waals surface area contributed by atoms with E-state index in [-0.39, 0.29) is 6.54 Å². The lowest BCUT2D eigenvalue weighted by Crippen LogP contribution is -2.05. The van der Waals surface area contributed by atoms with E-state index >= 15 is 0 Å². The van der Waals surface area contributed by atoms with Crippen molar-refractivity contribution in [3.8, 4) is 17.9 Å². The Hall–Kier alpha value is -2.46. The molecule has 1 aromatic carbocycles. The molecule has 0 aromatic heterocycles. The van der Waals surface area contributed by atoms with Crippen LogP contribution in [0, 0.1) is 22.7 Å². The van der Waals surface area contributed by atoms with E-state index in [1.54, 1.807) is 31.4 Å². The van der Waals surface area contributed by atoms with Crippen molar-refractivity contribution in [2.75, 3.05) is 13.7 Å². The van der Waals surface area contributed by atoms with Gasteiger partial charge in [-0.3, -0.25) is 0 Å². The van der Waals surface area contributed by atoms with Crippen LogP contribution in [0.1, 0.15) is 5.56 Å². The molecule has 0 atom stereocenters. The van der Waals surface area contributed by atoms with Gasteiger partial charge in [0.05, 0.1) is 18.8 Å². The quantitative estimate of drug-likeness (QED) is 0.469. The number of benzene rings is 1. The van der Waals surface area contributed by atoms with E-state index in [0.29, 0.717) is 5.57 Å². The first-order chi connectivity index (χ1) is 7.81. The van der Waals surface area contributed by atoms with Gasteiger partial charge in [0.25, 0.3) is 0 Å². The predicted molar refractivity (Wildman–Crippen MR) is 60.2 cm³/mol. The van der Waals surface area contributed by atoms with E-state index in [1.807, 2.05) is 6.07 Å². The lowest BCUT2D eigenvalue weighted by molar-refractivity contribution is 0.415. The average Bonchev–Trinajstić information content (AvgIpc) is 2.35. The average molecular weight is 213 g/mol. The largest absolute Gasteiger partial charge is 0.497 e. The van der Waals surface area contributed by atoms with Crippen LogP contribution in [0.4, 0.5) is 0 Å². The van der Waals surface area contributed by atoms with Crippen LogP contribution in [0.2, 0.25) is 0 Å². The van der Waals surface area contributed by atoms with Crippen LogP contribution in [-0.2, 0) is 0 Å². The van der Waals surface area contributed by atoms with E-state index in [0.717, 1.165) is 11.3 Å². The van der Waals surface area contributed by atoms with Gasteiger partial charge < -0.3 is 10.1 Å². The summed E-state index contributed by atoms with van der Waals surface area (Å²) in [6, 6.07) is 11.1. The molecule has 4 nitrogen and oxygen atoms in total.